The number of para-hydroxylation sites is 1. The molecule has 0 spiro atoms. The third-order valence-corrected chi connectivity index (χ3v) is 4.99. The van der Waals surface area contributed by atoms with Crippen molar-refractivity contribution in [1.29, 1.82) is 0 Å². The molecule has 0 radical (unpaired) electrons. The van der Waals surface area contributed by atoms with Crippen molar-refractivity contribution in [2.24, 2.45) is 0 Å². The lowest BCUT2D eigenvalue weighted by Crippen LogP contribution is -2.42. The molecule has 28 heavy (non-hydrogen) atoms. The minimum absolute atomic E-state index is 0.0277. The Morgan fingerprint density at radius 1 is 1.21 bits per heavy atom. The molecule has 4 rings (SSSR count). The minimum atomic E-state index is -2.93. The van der Waals surface area contributed by atoms with E-state index in [4.69, 9.17) is 9.47 Å². The maximum Gasteiger partial charge on any atom is 0.387 e. The van der Waals surface area contributed by atoms with Gasteiger partial charge in [-0.15, -0.1) is 0 Å². The minimum Gasteiger partial charge on any atom is -0.493 e. The molecule has 0 saturated heterocycles. The molecule has 2 aromatic carbocycles. The van der Waals surface area contributed by atoms with Gasteiger partial charge in [0, 0.05) is 19.0 Å². The van der Waals surface area contributed by atoms with Crippen molar-refractivity contribution >= 4 is 5.91 Å². The highest BCUT2D eigenvalue weighted by molar-refractivity contribution is 5.83. The Morgan fingerprint density at radius 2 is 2.00 bits per heavy atom. The summed E-state index contributed by atoms with van der Waals surface area (Å²) >= 11 is 0. The average Bonchev–Trinajstić information content (AvgIpc) is 3.43. The number of carbonyl (C=O) groups excluding carboxylic acids is 1. The number of alkyl halides is 2. The zero-order valence-electron chi connectivity index (χ0n) is 15.4. The van der Waals surface area contributed by atoms with Crippen molar-refractivity contribution in [3.05, 3.63) is 53.6 Å². The van der Waals surface area contributed by atoms with E-state index in [2.05, 4.69) is 4.74 Å². The number of ether oxygens (including phenoxy) is 3. The average molecular weight is 389 g/mol. The first-order valence-electron chi connectivity index (χ1n) is 9.22. The Kier molecular flexibility index (Phi) is 5.07. The monoisotopic (exact) mass is 389 g/mol. The van der Waals surface area contributed by atoms with Crippen LogP contribution in [-0.2, 0) is 17.8 Å². The van der Waals surface area contributed by atoms with E-state index in [-0.39, 0.29) is 23.4 Å². The van der Waals surface area contributed by atoms with Crippen LogP contribution in [0.15, 0.2) is 42.5 Å². The first kappa shape index (κ1) is 18.5. The standard InChI is InChI=1S/C21H21F2NO4/c1-26-18-10-13(6-9-17(18)28-21(22)23)12-24(15-7-8-15)20(25)19-11-14-4-2-3-5-16(14)27-19/h2-6,9-10,15,19,21H,7-8,11-12H2,1H3. The molecule has 1 atom stereocenters. The van der Waals surface area contributed by atoms with E-state index in [0.717, 1.165) is 29.7 Å². The van der Waals surface area contributed by atoms with E-state index < -0.39 is 12.7 Å². The predicted molar refractivity (Wildman–Crippen MR) is 97.8 cm³/mol. The van der Waals surface area contributed by atoms with Gasteiger partial charge in [-0.3, -0.25) is 4.79 Å². The highest BCUT2D eigenvalue weighted by Gasteiger charge is 2.39. The molecule has 1 aliphatic heterocycles. The first-order chi connectivity index (χ1) is 13.5. The summed E-state index contributed by atoms with van der Waals surface area (Å²) in [6.07, 6.45) is 1.94. The summed E-state index contributed by atoms with van der Waals surface area (Å²) in [4.78, 5) is 14.9. The van der Waals surface area contributed by atoms with E-state index in [1.54, 1.807) is 12.1 Å². The molecule has 0 N–H and O–H groups in total. The van der Waals surface area contributed by atoms with Crippen LogP contribution < -0.4 is 14.2 Å². The van der Waals surface area contributed by atoms with Gasteiger partial charge in [-0.05, 0) is 42.2 Å². The fraction of sp³-hybridized carbons (Fsp3) is 0.381. The summed E-state index contributed by atoms with van der Waals surface area (Å²) in [6.45, 7) is -2.56. The molecule has 1 amide bonds. The van der Waals surface area contributed by atoms with Crippen molar-refractivity contribution in [3.8, 4) is 17.2 Å². The lowest BCUT2D eigenvalue weighted by molar-refractivity contribution is -0.139. The quantitative estimate of drug-likeness (QED) is 0.723. The van der Waals surface area contributed by atoms with Crippen molar-refractivity contribution in [3.63, 3.8) is 0 Å². The van der Waals surface area contributed by atoms with Gasteiger partial charge >= 0.3 is 6.61 Å². The van der Waals surface area contributed by atoms with Crippen LogP contribution in [0.4, 0.5) is 8.78 Å². The smallest absolute Gasteiger partial charge is 0.387 e. The zero-order valence-corrected chi connectivity index (χ0v) is 15.4. The topological polar surface area (TPSA) is 48.0 Å². The fourth-order valence-corrected chi connectivity index (χ4v) is 3.48. The van der Waals surface area contributed by atoms with Crippen LogP contribution in [0.2, 0.25) is 0 Å². The molecule has 7 heteroatoms. The number of halogens is 2. The van der Waals surface area contributed by atoms with E-state index >= 15 is 0 Å². The van der Waals surface area contributed by atoms with Gasteiger partial charge in [0.1, 0.15) is 5.75 Å². The largest absolute Gasteiger partial charge is 0.493 e. The fourth-order valence-electron chi connectivity index (χ4n) is 3.48. The van der Waals surface area contributed by atoms with Crippen molar-refractivity contribution in [2.45, 2.75) is 44.6 Å². The lowest BCUT2D eigenvalue weighted by atomic mass is 10.1. The van der Waals surface area contributed by atoms with Gasteiger partial charge in [0.05, 0.1) is 7.11 Å². The summed E-state index contributed by atoms with van der Waals surface area (Å²) in [6, 6.07) is 12.6. The van der Waals surface area contributed by atoms with Crippen molar-refractivity contribution in [2.75, 3.05) is 7.11 Å². The molecule has 2 aromatic rings. The molecule has 148 valence electrons. The Hall–Kier alpha value is -2.83. The molecule has 1 aliphatic carbocycles. The Labute approximate surface area is 161 Å². The summed E-state index contributed by atoms with van der Waals surface area (Å²) in [7, 11) is 1.39. The molecule has 1 unspecified atom stereocenters. The number of benzene rings is 2. The summed E-state index contributed by atoms with van der Waals surface area (Å²) in [5.74, 6) is 0.892. The second-order valence-electron chi connectivity index (χ2n) is 6.98. The molecule has 1 fully saturated rings. The summed E-state index contributed by atoms with van der Waals surface area (Å²) < 4.78 is 40.5. The van der Waals surface area contributed by atoms with Crippen LogP contribution in [0, 0.1) is 0 Å². The second kappa shape index (κ2) is 7.66. The molecule has 1 heterocycles. The predicted octanol–water partition coefficient (Wildman–Crippen LogP) is 3.79. The number of rotatable bonds is 7. The van der Waals surface area contributed by atoms with Crippen LogP contribution in [0.3, 0.4) is 0 Å². The van der Waals surface area contributed by atoms with Crippen LogP contribution in [0.1, 0.15) is 24.0 Å². The molecule has 1 saturated carbocycles. The van der Waals surface area contributed by atoms with Gasteiger partial charge in [-0.2, -0.15) is 8.78 Å². The Balaban J connectivity index is 1.49. The van der Waals surface area contributed by atoms with E-state index in [0.29, 0.717) is 13.0 Å². The van der Waals surface area contributed by atoms with Gasteiger partial charge in [-0.25, -0.2) is 0 Å². The molecule has 2 aliphatic rings. The van der Waals surface area contributed by atoms with E-state index in [9.17, 15) is 13.6 Å². The summed E-state index contributed by atoms with van der Waals surface area (Å²) in [5, 5.41) is 0. The maximum atomic E-state index is 13.1. The zero-order chi connectivity index (χ0) is 19.7. The molecular weight excluding hydrogens is 368 g/mol. The van der Waals surface area contributed by atoms with E-state index in [1.165, 1.54) is 13.2 Å². The van der Waals surface area contributed by atoms with Gasteiger partial charge in [0.15, 0.2) is 17.6 Å². The number of hydrogen-bond donors (Lipinski definition) is 0. The van der Waals surface area contributed by atoms with Crippen molar-refractivity contribution < 1.29 is 27.8 Å². The van der Waals surface area contributed by atoms with Crippen LogP contribution in [-0.4, -0.2) is 36.7 Å². The van der Waals surface area contributed by atoms with Gasteiger partial charge in [0.25, 0.3) is 5.91 Å². The number of fused-ring (bicyclic) bond motifs is 1. The first-order valence-corrected chi connectivity index (χ1v) is 9.22. The van der Waals surface area contributed by atoms with Crippen LogP contribution in [0.25, 0.3) is 0 Å². The molecular formula is C21H21F2NO4. The normalized spacial score (nSPS) is 17.8. The summed E-state index contributed by atoms with van der Waals surface area (Å²) in [5.41, 5.74) is 1.82. The number of carbonyl (C=O) groups is 1. The van der Waals surface area contributed by atoms with E-state index in [1.807, 2.05) is 29.2 Å². The second-order valence-corrected chi connectivity index (χ2v) is 6.98. The number of methoxy groups -OCH3 is 1. The Bertz CT molecular complexity index is 844. The number of hydrogen-bond acceptors (Lipinski definition) is 4. The van der Waals surface area contributed by atoms with Gasteiger partial charge in [-0.1, -0.05) is 24.3 Å². The molecule has 0 bridgehead atoms. The molecule has 0 aromatic heterocycles. The third-order valence-electron chi connectivity index (χ3n) is 4.99. The SMILES string of the molecule is COc1cc(CN(C(=O)C2Cc3ccccc3O2)C2CC2)ccc1OC(F)F. The molecule has 5 nitrogen and oxygen atoms in total. The lowest BCUT2D eigenvalue weighted by Gasteiger charge is -2.25. The van der Waals surface area contributed by atoms with Gasteiger partial charge < -0.3 is 19.1 Å². The maximum absolute atomic E-state index is 13.1. The number of nitrogens with zero attached hydrogens (tertiary/aromatic N) is 1. The number of amides is 1. The third kappa shape index (κ3) is 3.88. The van der Waals surface area contributed by atoms with Crippen molar-refractivity contribution in [1.82, 2.24) is 4.90 Å². The van der Waals surface area contributed by atoms with Gasteiger partial charge in [0.2, 0.25) is 0 Å². The highest BCUT2D eigenvalue weighted by Crippen LogP contribution is 2.35. The highest BCUT2D eigenvalue weighted by atomic mass is 19.3. The van der Waals surface area contributed by atoms with Crippen LogP contribution >= 0.6 is 0 Å². The Morgan fingerprint density at radius 3 is 2.68 bits per heavy atom. The van der Waals surface area contributed by atoms with Crippen LogP contribution in [0.5, 0.6) is 17.2 Å².